The van der Waals surface area contributed by atoms with Gasteiger partial charge in [-0.05, 0) is 38.0 Å². The molecule has 5 heteroatoms. The van der Waals surface area contributed by atoms with E-state index >= 15 is 0 Å². The highest BCUT2D eigenvalue weighted by Gasteiger charge is 2.39. The molecule has 124 valence electrons. The Morgan fingerprint density at radius 3 is 2.61 bits per heavy atom. The van der Waals surface area contributed by atoms with Crippen molar-refractivity contribution in [2.75, 3.05) is 7.11 Å². The summed E-state index contributed by atoms with van der Waals surface area (Å²) in [5.41, 5.74) is 1.50. The average molecular weight is 317 g/mol. The van der Waals surface area contributed by atoms with Gasteiger partial charge in [0.2, 0.25) is 0 Å². The lowest BCUT2D eigenvalue weighted by Gasteiger charge is -2.40. The molecule has 0 aromatic carbocycles. The second-order valence-corrected chi connectivity index (χ2v) is 6.37. The summed E-state index contributed by atoms with van der Waals surface area (Å²) in [7, 11) is 1.32. The van der Waals surface area contributed by atoms with Crippen LogP contribution in [0.1, 0.15) is 44.7 Å². The van der Waals surface area contributed by atoms with Crippen molar-refractivity contribution >= 4 is 11.9 Å². The van der Waals surface area contributed by atoms with Crippen molar-refractivity contribution in [3.8, 4) is 0 Å². The third kappa shape index (κ3) is 3.23. The van der Waals surface area contributed by atoms with E-state index in [0.717, 1.165) is 17.7 Å². The highest BCUT2D eigenvalue weighted by atomic mass is 16.5. The van der Waals surface area contributed by atoms with E-state index in [1.54, 1.807) is 19.1 Å². The summed E-state index contributed by atoms with van der Waals surface area (Å²) in [4.78, 5) is 26.6. The fourth-order valence-electron chi connectivity index (χ4n) is 3.02. The Labute approximate surface area is 136 Å². The van der Waals surface area contributed by atoms with Gasteiger partial charge >= 0.3 is 5.97 Å². The van der Waals surface area contributed by atoms with Gasteiger partial charge in [-0.3, -0.25) is 9.69 Å². The van der Waals surface area contributed by atoms with Gasteiger partial charge in [0, 0.05) is 11.1 Å². The van der Waals surface area contributed by atoms with E-state index < -0.39 is 12.0 Å². The molecule has 0 saturated heterocycles. The number of hydrogen-bond acceptors (Lipinski definition) is 4. The number of furan rings is 1. The summed E-state index contributed by atoms with van der Waals surface area (Å²) in [6, 6.07) is 2.51. The van der Waals surface area contributed by atoms with Gasteiger partial charge in [-0.2, -0.15) is 0 Å². The lowest BCUT2D eigenvalue weighted by atomic mass is 9.78. The minimum Gasteiger partial charge on any atom is -0.467 e. The zero-order valence-corrected chi connectivity index (χ0v) is 14.3. The van der Waals surface area contributed by atoms with Crippen molar-refractivity contribution in [1.29, 1.82) is 0 Å². The lowest BCUT2D eigenvalue weighted by Crippen LogP contribution is -2.47. The van der Waals surface area contributed by atoms with Crippen molar-refractivity contribution in [3.63, 3.8) is 0 Å². The molecule has 0 aliphatic heterocycles. The zero-order valence-electron chi connectivity index (χ0n) is 14.3. The van der Waals surface area contributed by atoms with Crippen LogP contribution in [0.4, 0.5) is 0 Å². The predicted molar refractivity (Wildman–Crippen MR) is 86.6 cm³/mol. The summed E-state index contributed by atoms with van der Waals surface area (Å²) in [6.07, 6.45) is 6.29. The Morgan fingerprint density at radius 1 is 1.39 bits per heavy atom. The van der Waals surface area contributed by atoms with Gasteiger partial charge in [0.25, 0.3) is 5.91 Å². The molecule has 1 unspecified atom stereocenters. The lowest BCUT2D eigenvalue weighted by molar-refractivity contribution is -0.145. The van der Waals surface area contributed by atoms with Gasteiger partial charge in [0.05, 0.1) is 13.4 Å². The van der Waals surface area contributed by atoms with Gasteiger partial charge in [0.15, 0.2) is 5.76 Å². The van der Waals surface area contributed by atoms with Crippen molar-refractivity contribution in [2.45, 2.75) is 40.2 Å². The molecule has 0 fully saturated rings. The maximum atomic E-state index is 13.0. The van der Waals surface area contributed by atoms with E-state index in [2.05, 4.69) is 19.9 Å². The normalized spacial score (nSPS) is 17.8. The summed E-state index contributed by atoms with van der Waals surface area (Å²) in [5, 5.41) is 0. The molecular formula is C18H23NO4. The molecule has 1 aromatic heterocycles. The highest BCUT2D eigenvalue weighted by molar-refractivity contribution is 5.96. The molecule has 0 saturated carbocycles. The molecule has 0 spiro atoms. The van der Waals surface area contributed by atoms with Crippen LogP contribution in [0.5, 0.6) is 0 Å². The summed E-state index contributed by atoms with van der Waals surface area (Å²) < 4.78 is 10.1. The van der Waals surface area contributed by atoms with Crippen molar-refractivity contribution in [2.24, 2.45) is 5.41 Å². The summed E-state index contributed by atoms with van der Waals surface area (Å²) in [5.74, 6) is -0.604. The third-order valence-corrected chi connectivity index (χ3v) is 4.13. The number of ether oxygens (including phenoxy) is 1. The molecule has 1 aromatic rings. The Kier molecular flexibility index (Phi) is 4.78. The van der Waals surface area contributed by atoms with Gasteiger partial charge in [-0.1, -0.05) is 26.0 Å². The number of carbonyl (C=O) groups is 2. The summed E-state index contributed by atoms with van der Waals surface area (Å²) >= 11 is 0. The first-order chi connectivity index (χ1) is 10.8. The molecule has 5 nitrogen and oxygen atoms in total. The standard InChI is InChI=1S/C18H23NO4/c1-12-8-6-10-18(3,4)15(12)19(13(2)17(21)22-5)16(20)14-9-7-11-23-14/h6-9,11,13H,10H2,1-5H3. The number of allylic oxidation sites excluding steroid dienone is 4. The molecule has 23 heavy (non-hydrogen) atoms. The van der Waals surface area contributed by atoms with Gasteiger partial charge < -0.3 is 9.15 Å². The van der Waals surface area contributed by atoms with Crippen LogP contribution in [0.15, 0.2) is 46.2 Å². The Hall–Kier alpha value is -2.30. The second kappa shape index (κ2) is 6.44. The molecule has 1 aliphatic rings. The number of rotatable bonds is 4. The molecule has 0 bridgehead atoms. The van der Waals surface area contributed by atoms with Crippen LogP contribution in [0.3, 0.4) is 0 Å². The Bertz CT molecular complexity index is 653. The Balaban J connectivity index is 2.56. The minimum absolute atomic E-state index is 0.200. The van der Waals surface area contributed by atoms with Crippen LogP contribution in [0.2, 0.25) is 0 Å². The first-order valence-electron chi connectivity index (χ1n) is 7.62. The molecule has 1 amide bonds. The monoisotopic (exact) mass is 317 g/mol. The third-order valence-electron chi connectivity index (χ3n) is 4.13. The number of nitrogens with zero attached hydrogens (tertiary/aromatic N) is 1. The van der Waals surface area contributed by atoms with Gasteiger partial charge in [-0.25, -0.2) is 4.79 Å². The smallest absolute Gasteiger partial charge is 0.328 e. The van der Waals surface area contributed by atoms with Crippen LogP contribution >= 0.6 is 0 Å². The largest absolute Gasteiger partial charge is 0.467 e. The maximum absolute atomic E-state index is 13.0. The van der Waals surface area contributed by atoms with Crippen LogP contribution in [0, 0.1) is 5.41 Å². The van der Waals surface area contributed by atoms with Crippen molar-refractivity contribution < 1.29 is 18.7 Å². The first kappa shape index (κ1) is 17.1. The molecule has 2 rings (SSSR count). The van der Waals surface area contributed by atoms with E-state index in [4.69, 9.17) is 9.15 Å². The molecular weight excluding hydrogens is 294 g/mol. The van der Waals surface area contributed by atoms with Crippen LogP contribution in [-0.4, -0.2) is 29.9 Å². The van der Waals surface area contributed by atoms with Crippen molar-refractivity contribution in [3.05, 3.63) is 47.6 Å². The second-order valence-electron chi connectivity index (χ2n) is 6.37. The maximum Gasteiger partial charge on any atom is 0.328 e. The zero-order chi connectivity index (χ0) is 17.2. The molecule has 1 aliphatic carbocycles. The topological polar surface area (TPSA) is 59.8 Å². The first-order valence-corrected chi connectivity index (χ1v) is 7.62. The number of amides is 1. The molecule has 0 radical (unpaired) electrons. The predicted octanol–water partition coefficient (Wildman–Crippen LogP) is 3.54. The Morgan fingerprint density at radius 2 is 2.09 bits per heavy atom. The molecule has 1 heterocycles. The number of carbonyl (C=O) groups excluding carboxylic acids is 2. The van der Waals surface area contributed by atoms with E-state index in [1.807, 2.05) is 13.0 Å². The fraction of sp³-hybridized carbons (Fsp3) is 0.444. The highest BCUT2D eigenvalue weighted by Crippen LogP contribution is 2.40. The quantitative estimate of drug-likeness (QED) is 0.797. The summed E-state index contributed by atoms with van der Waals surface area (Å²) in [6.45, 7) is 7.73. The van der Waals surface area contributed by atoms with E-state index in [-0.39, 0.29) is 17.1 Å². The van der Waals surface area contributed by atoms with Gasteiger partial charge in [-0.15, -0.1) is 0 Å². The molecule has 0 N–H and O–H groups in total. The number of methoxy groups -OCH3 is 1. The SMILES string of the molecule is COC(=O)C(C)N(C(=O)c1ccco1)C1=C(C)C=CCC1(C)C. The van der Waals surface area contributed by atoms with E-state index in [0.29, 0.717) is 0 Å². The van der Waals surface area contributed by atoms with Crippen molar-refractivity contribution in [1.82, 2.24) is 4.90 Å². The number of hydrogen-bond donors (Lipinski definition) is 0. The van der Waals surface area contributed by atoms with Crippen LogP contribution in [-0.2, 0) is 9.53 Å². The minimum atomic E-state index is -0.742. The van der Waals surface area contributed by atoms with E-state index in [1.165, 1.54) is 18.3 Å². The van der Waals surface area contributed by atoms with Crippen LogP contribution < -0.4 is 0 Å². The molecule has 1 atom stereocenters. The van der Waals surface area contributed by atoms with Crippen LogP contribution in [0.25, 0.3) is 0 Å². The van der Waals surface area contributed by atoms with Gasteiger partial charge in [0.1, 0.15) is 6.04 Å². The van der Waals surface area contributed by atoms with E-state index in [9.17, 15) is 9.59 Å². The number of esters is 1. The average Bonchev–Trinajstić information content (AvgIpc) is 3.03. The fourth-order valence-corrected chi connectivity index (χ4v) is 3.02.